The summed E-state index contributed by atoms with van der Waals surface area (Å²) in [6.45, 7) is 6.21. The van der Waals surface area contributed by atoms with Gasteiger partial charge in [-0.1, -0.05) is 6.92 Å². The molecule has 0 fully saturated rings. The Morgan fingerprint density at radius 1 is 1.33 bits per heavy atom. The average molecular weight is 308 g/mol. The van der Waals surface area contributed by atoms with E-state index in [-0.39, 0.29) is 4.90 Å². The van der Waals surface area contributed by atoms with Crippen molar-refractivity contribution in [1.82, 2.24) is 14.9 Å². The predicted molar refractivity (Wildman–Crippen MR) is 82.5 cm³/mol. The molecule has 114 valence electrons. The first kappa shape index (κ1) is 15.5. The first-order valence-corrected chi connectivity index (χ1v) is 8.37. The molecule has 0 aromatic carbocycles. The van der Waals surface area contributed by atoms with E-state index in [0.717, 1.165) is 18.8 Å². The molecule has 21 heavy (non-hydrogen) atoms. The monoisotopic (exact) mass is 308 g/mol. The van der Waals surface area contributed by atoms with Gasteiger partial charge in [0.15, 0.2) is 0 Å². The highest BCUT2D eigenvalue weighted by Crippen LogP contribution is 2.18. The minimum absolute atomic E-state index is 0.265. The second kappa shape index (κ2) is 6.73. The molecule has 0 bridgehead atoms. The highest BCUT2D eigenvalue weighted by Gasteiger charge is 2.18. The summed E-state index contributed by atoms with van der Waals surface area (Å²) in [6, 6.07) is 5.05. The molecule has 2 aromatic heterocycles. The van der Waals surface area contributed by atoms with Crippen molar-refractivity contribution in [2.75, 3.05) is 11.3 Å². The molecule has 0 aliphatic rings. The molecule has 7 heteroatoms. The fourth-order valence-electron chi connectivity index (χ4n) is 2.01. The summed E-state index contributed by atoms with van der Waals surface area (Å²) in [5, 5.41) is 3.21. The Labute approximate surface area is 125 Å². The van der Waals surface area contributed by atoms with Gasteiger partial charge < -0.3 is 9.88 Å². The van der Waals surface area contributed by atoms with E-state index in [1.54, 1.807) is 30.6 Å². The molecule has 0 unspecified atom stereocenters. The molecule has 2 N–H and O–H groups in total. The molecular weight excluding hydrogens is 288 g/mol. The Morgan fingerprint density at radius 3 is 2.76 bits per heavy atom. The van der Waals surface area contributed by atoms with Crippen LogP contribution in [0.1, 0.15) is 19.5 Å². The number of rotatable bonds is 7. The van der Waals surface area contributed by atoms with E-state index in [2.05, 4.69) is 15.0 Å². The number of nitrogens with zero attached hydrogens (tertiary/aromatic N) is 2. The Morgan fingerprint density at radius 2 is 2.14 bits per heavy atom. The maximum atomic E-state index is 12.4. The van der Waals surface area contributed by atoms with Crippen molar-refractivity contribution in [1.29, 1.82) is 0 Å². The highest BCUT2D eigenvalue weighted by atomic mass is 32.2. The van der Waals surface area contributed by atoms with Gasteiger partial charge in [-0.25, -0.2) is 8.42 Å². The summed E-state index contributed by atoms with van der Waals surface area (Å²) < 4.78 is 29.2. The van der Waals surface area contributed by atoms with Gasteiger partial charge in [-0.05, 0) is 31.7 Å². The fourth-order valence-corrected chi connectivity index (χ4v) is 3.11. The van der Waals surface area contributed by atoms with Crippen LogP contribution < -0.4 is 10.0 Å². The molecule has 6 nitrogen and oxygen atoms in total. The molecule has 0 saturated carbocycles. The van der Waals surface area contributed by atoms with Gasteiger partial charge in [-0.15, -0.1) is 0 Å². The SMILES string of the molecule is CCNCc1cc(S(=O)(=O)Nc2cccnc2)cn1CC. The molecule has 2 heterocycles. The Balaban J connectivity index is 2.25. The van der Waals surface area contributed by atoms with Crippen molar-refractivity contribution in [2.45, 2.75) is 31.8 Å². The van der Waals surface area contributed by atoms with Crippen LogP contribution >= 0.6 is 0 Å². The van der Waals surface area contributed by atoms with E-state index in [0.29, 0.717) is 12.2 Å². The van der Waals surface area contributed by atoms with Crippen molar-refractivity contribution in [2.24, 2.45) is 0 Å². The lowest BCUT2D eigenvalue weighted by molar-refractivity contribution is 0.600. The van der Waals surface area contributed by atoms with Crippen molar-refractivity contribution in [3.8, 4) is 0 Å². The molecular formula is C14H20N4O2S. The lowest BCUT2D eigenvalue weighted by Gasteiger charge is -2.05. The average Bonchev–Trinajstić information content (AvgIpc) is 2.90. The predicted octanol–water partition coefficient (Wildman–Crippen LogP) is 1.81. The van der Waals surface area contributed by atoms with Gasteiger partial charge in [0.2, 0.25) is 0 Å². The molecule has 0 aliphatic heterocycles. The smallest absolute Gasteiger partial charge is 0.263 e. The largest absolute Gasteiger partial charge is 0.349 e. The lowest BCUT2D eigenvalue weighted by Crippen LogP contribution is -2.14. The zero-order chi connectivity index (χ0) is 15.3. The van der Waals surface area contributed by atoms with Crippen molar-refractivity contribution >= 4 is 15.7 Å². The summed E-state index contributed by atoms with van der Waals surface area (Å²) in [7, 11) is -3.59. The maximum Gasteiger partial charge on any atom is 0.263 e. The van der Waals surface area contributed by atoms with Crippen LogP contribution in [0.2, 0.25) is 0 Å². The van der Waals surface area contributed by atoms with Crippen LogP contribution in [0.3, 0.4) is 0 Å². The Kier molecular flexibility index (Phi) is 4.98. The van der Waals surface area contributed by atoms with Crippen LogP contribution in [0, 0.1) is 0 Å². The van der Waals surface area contributed by atoms with Crippen molar-refractivity contribution < 1.29 is 8.42 Å². The van der Waals surface area contributed by atoms with E-state index in [9.17, 15) is 8.42 Å². The summed E-state index contributed by atoms with van der Waals surface area (Å²) in [6.07, 6.45) is 4.74. The van der Waals surface area contributed by atoms with E-state index in [4.69, 9.17) is 0 Å². The normalized spacial score (nSPS) is 11.5. The zero-order valence-corrected chi connectivity index (χ0v) is 13.0. The zero-order valence-electron chi connectivity index (χ0n) is 12.2. The second-order valence-electron chi connectivity index (χ2n) is 4.58. The number of anilines is 1. The number of pyridine rings is 1. The van der Waals surface area contributed by atoms with Gasteiger partial charge in [0.25, 0.3) is 10.0 Å². The van der Waals surface area contributed by atoms with Gasteiger partial charge in [-0.2, -0.15) is 0 Å². The summed E-state index contributed by atoms with van der Waals surface area (Å²) >= 11 is 0. The van der Waals surface area contributed by atoms with Crippen LogP contribution in [0.5, 0.6) is 0 Å². The minimum Gasteiger partial charge on any atom is -0.349 e. The lowest BCUT2D eigenvalue weighted by atomic mass is 10.4. The standard InChI is InChI=1S/C14H20N4O2S/c1-3-15-10-13-8-14(11-18(13)4-2)21(19,20)17-12-6-5-7-16-9-12/h5-9,11,15,17H,3-4,10H2,1-2H3. The number of aromatic nitrogens is 2. The molecule has 2 aromatic rings. The minimum atomic E-state index is -3.59. The van der Waals surface area contributed by atoms with Crippen LogP contribution in [0.25, 0.3) is 0 Å². The quantitative estimate of drug-likeness (QED) is 0.818. The van der Waals surface area contributed by atoms with E-state index >= 15 is 0 Å². The molecule has 0 amide bonds. The molecule has 0 atom stereocenters. The Hall–Kier alpha value is -1.86. The van der Waals surface area contributed by atoms with Crippen LogP contribution in [-0.4, -0.2) is 24.5 Å². The first-order valence-electron chi connectivity index (χ1n) is 6.89. The fraction of sp³-hybridized carbons (Fsp3) is 0.357. The van der Waals surface area contributed by atoms with Crippen molar-refractivity contribution in [3.05, 3.63) is 42.5 Å². The van der Waals surface area contributed by atoms with Gasteiger partial charge in [0.1, 0.15) is 4.90 Å². The first-order chi connectivity index (χ1) is 10.1. The number of hydrogen-bond donors (Lipinski definition) is 2. The summed E-state index contributed by atoms with van der Waals surface area (Å²) in [5.41, 5.74) is 1.40. The summed E-state index contributed by atoms with van der Waals surface area (Å²) in [4.78, 5) is 4.16. The van der Waals surface area contributed by atoms with Crippen LogP contribution in [0.15, 0.2) is 41.7 Å². The molecule has 2 rings (SSSR count). The summed E-state index contributed by atoms with van der Waals surface area (Å²) in [5.74, 6) is 0. The topological polar surface area (TPSA) is 76.0 Å². The number of nitrogens with one attached hydrogen (secondary N) is 2. The van der Waals surface area contributed by atoms with E-state index in [1.807, 2.05) is 18.4 Å². The van der Waals surface area contributed by atoms with Gasteiger partial charge in [0.05, 0.1) is 11.9 Å². The van der Waals surface area contributed by atoms with Gasteiger partial charge in [0, 0.05) is 31.2 Å². The number of sulfonamides is 1. The third-order valence-electron chi connectivity index (χ3n) is 3.08. The number of aryl methyl sites for hydroxylation is 1. The maximum absolute atomic E-state index is 12.4. The molecule has 0 aliphatic carbocycles. The van der Waals surface area contributed by atoms with Crippen molar-refractivity contribution in [3.63, 3.8) is 0 Å². The second-order valence-corrected chi connectivity index (χ2v) is 6.26. The third kappa shape index (κ3) is 3.83. The third-order valence-corrected chi connectivity index (χ3v) is 4.43. The molecule has 0 spiro atoms. The van der Waals surface area contributed by atoms with E-state index < -0.39 is 10.0 Å². The van der Waals surface area contributed by atoms with Crippen LogP contribution in [0.4, 0.5) is 5.69 Å². The van der Waals surface area contributed by atoms with Gasteiger partial charge >= 0.3 is 0 Å². The van der Waals surface area contributed by atoms with Crippen LogP contribution in [-0.2, 0) is 23.1 Å². The number of hydrogen-bond acceptors (Lipinski definition) is 4. The molecule has 0 radical (unpaired) electrons. The molecule has 0 saturated heterocycles. The van der Waals surface area contributed by atoms with Gasteiger partial charge in [-0.3, -0.25) is 9.71 Å². The highest BCUT2D eigenvalue weighted by molar-refractivity contribution is 7.92. The Bertz CT molecular complexity index is 680. The van der Waals surface area contributed by atoms with E-state index in [1.165, 1.54) is 6.20 Å².